The van der Waals surface area contributed by atoms with Gasteiger partial charge in [0.05, 0.1) is 22.0 Å². The summed E-state index contributed by atoms with van der Waals surface area (Å²) in [4.78, 5) is 20.5. The summed E-state index contributed by atoms with van der Waals surface area (Å²) in [7, 11) is 0. The van der Waals surface area contributed by atoms with Crippen LogP contribution in [0.5, 0.6) is 0 Å². The van der Waals surface area contributed by atoms with Gasteiger partial charge in [0, 0.05) is 6.54 Å². The zero-order valence-corrected chi connectivity index (χ0v) is 16.9. The van der Waals surface area contributed by atoms with Gasteiger partial charge in [-0.2, -0.15) is 0 Å². The number of H-pyrrole nitrogens is 1. The molecule has 0 aliphatic heterocycles. The van der Waals surface area contributed by atoms with E-state index in [1.54, 1.807) is 11.8 Å². The first kappa shape index (κ1) is 17.6. The molecule has 4 saturated carbocycles. The Bertz CT molecular complexity index is 777. The summed E-state index contributed by atoms with van der Waals surface area (Å²) < 4.78 is 0. The van der Waals surface area contributed by atoms with Crippen LogP contribution < -0.4 is 5.32 Å². The number of thioether (sulfide) groups is 1. The summed E-state index contributed by atoms with van der Waals surface area (Å²) in [5.74, 6) is 4.46. The molecule has 0 unspecified atom stereocenters. The van der Waals surface area contributed by atoms with Crippen LogP contribution in [0.1, 0.15) is 56.5 Å². The monoisotopic (exact) mass is 383 g/mol. The molecule has 4 fully saturated rings. The highest BCUT2D eigenvalue weighted by atomic mass is 32.2. The fourth-order valence-electron chi connectivity index (χ4n) is 6.29. The van der Waals surface area contributed by atoms with Gasteiger partial charge in [-0.05, 0) is 80.8 Å². The van der Waals surface area contributed by atoms with Crippen molar-refractivity contribution in [2.24, 2.45) is 23.2 Å². The molecule has 1 aromatic carbocycles. The van der Waals surface area contributed by atoms with Gasteiger partial charge in [0.1, 0.15) is 5.82 Å². The molecule has 4 bridgehead atoms. The number of carbonyl (C=O) groups excluding carboxylic acids is 1. The highest BCUT2D eigenvalue weighted by Crippen LogP contribution is 2.59. The first-order valence-electron chi connectivity index (χ1n) is 10.4. The Morgan fingerprint density at radius 2 is 1.89 bits per heavy atom. The minimum atomic E-state index is 0.179. The number of nitrogens with zero attached hydrogens (tertiary/aromatic N) is 1. The fraction of sp³-hybridized carbons (Fsp3) is 0.636. The average molecular weight is 384 g/mol. The number of aromatic amines is 1. The quantitative estimate of drug-likeness (QED) is 0.761. The topological polar surface area (TPSA) is 57.8 Å². The van der Waals surface area contributed by atoms with Gasteiger partial charge in [-0.1, -0.05) is 12.1 Å². The molecule has 6 rings (SSSR count). The number of rotatable bonds is 6. The zero-order chi connectivity index (χ0) is 18.4. The molecule has 1 heterocycles. The second-order valence-corrected chi connectivity index (χ2v) is 10.6. The van der Waals surface area contributed by atoms with Gasteiger partial charge in [0.15, 0.2) is 0 Å². The van der Waals surface area contributed by atoms with E-state index in [-0.39, 0.29) is 11.2 Å². The predicted octanol–water partition coefficient (Wildman–Crippen LogP) is 4.69. The van der Waals surface area contributed by atoms with Crippen LogP contribution in [0.4, 0.5) is 0 Å². The summed E-state index contributed by atoms with van der Waals surface area (Å²) in [6.45, 7) is 3.02. The Hall–Kier alpha value is -1.49. The van der Waals surface area contributed by atoms with E-state index < -0.39 is 0 Å². The molecule has 0 radical (unpaired) electrons. The smallest absolute Gasteiger partial charge is 0.230 e. The summed E-state index contributed by atoms with van der Waals surface area (Å²) in [6.07, 6.45) is 8.42. The molecule has 5 heteroatoms. The first-order chi connectivity index (χ1) is 13.1. The molecule has 4 nitrogen and oxygen atoms in total. The van der Waals surface area contributed by atoms with Gasteiger partial charge < -0.3 is 10.3 Å². The summed E-state index contributed by atoms with van der Waals surface area (Å²) >= 11 is 1.66. The minimum absolute atomic E-state index is 0.179. The Labute approximate surface area is 165 Å². The van der Waals surface area contributed by atoms with E-state index in [1.165, 1.54) is 38.5 Å². The van der Waals surface area contributed by atoms with E-state index in [4.69, 9.17) is 0 Å². The van der Waals surface area contributed by atoms with E-state index in [0.717, 1.165) is 41.2 Å². The number of hydrogen-bond donors (Lipinski definition) is 2. The maximum atomic E-state index is 12.5. The number of hydrogen-bond acceptors (Lipinski definition) is 3. The third kappa shape index (κ3) is 3.51. The second-order valence-electron chi connectivity index (χ2n) is 9.29. The van der Waals surface area contributed by atoms with Crippen LogP contribution in [0.2, 0.25) is 0 Å². The number of carbonyl (C=O) groups is 1. The minimum Gasteiger partial charge on any atom is -0.355 e. The van der Waals surface area contributed by atoms with E-state index in [0.29, 0.717) is 11.2 Å². The molecular formula is C22H29N3OS. The van der Waals surface area contributed by atoms with Crippen molar-refractivity contribution < 1.29 is 4.79 Å². The highest BCUT2D eigenvalue weighted by molar-refractivity contribution is 8.00. The van der Waals surface area contributed by atoms with Crippen molar-refractivity contribution in [3.05, 3.63) is 30.1 Å². The van der Waals surface area contributed by atoms with Crippen molar-refractivity contribution in [1.82, 2.24) is 15.3 Å². The second kappa shape index (κ2) is 6.84. The molecule has 0 spiro atoms. The molecule has 27 heavy (non-hydrogen) atoms. The summed E-state index contributed by atoms with van der Waals surface area (Å²) in [6, 6.07) is 8.08. The van der Waals surface area contributed by atoms with Gasteiger partial charge in [-0.15, -0.1) is 11.8 Å². The van der Waals surface area contributed by atoms with Gasteiger partial charge in [0.2, 0.25) is 5.91 Å². The van der Waals surface area contributed by atoms with Crippen LogP contribution in [0.3, 0.4) is 0 Å². The van der Waals surface area contributed by atoms with E-state index in [9.17, 15) is 4.79 Å². The Morgan fingerprint density at radius 3 is 2.56 bits per heavy atom. The van der Waals surface area contributed by atoms with E-state index in [2.05, 4.69) is 22.2 Å². The molecule has 1 aromatic heterocycles. The lowest BCUT2D eigenvalue weighted by Gasteiger charge is -2.56. The Kier molecular flexibility index (Phi) is 4.46. The van der Waals surface area contributed by atoms with Gasteiger partial charge in [-0.25, -0.2) is 4.98 Å². The number of imidazole rings is 1. The lowest BCUT2D eigenvalue weighted by molar-refractivity contribution is -0.120. The van der Waals surface area contributed by atoms with Crippen LogP contribution >= 0.6 is 11.8 Å². The Morgan fingerprint density at radius 1 is 1.22 bits per heavy atom. The maximum Gasteiger partial charge on any atom is 0.230 e. The molecule has 4 aliphatic carbocycles. The molecular weight excluding hydrogens is 354 g/mol. The number of para-hydroxylation sites is 2. The first-order valence-corrected chi connectivity index (χ1v) is 11.5. The number of fused-ring (bicyclic) bond motifs is 1. The third-order valence-corrected chi connectivity index (χ3v) is 8.23. The molecule has 0 saturated heterocycles. The molecule has 4 aliphatic rings. The van der Waals surface area contributed by atoms with Crippen LogP contribution in [0.15, 0.2) is 24.3 Å². The largest absolute Gasteiger partial charge is 0.355 e. The third-order valence-electron chi connectivity index (χ3n) is 7.08. The molecule has 1 atom stereocenters. The SMILES string of the molecule is C[C@H](SCC(=O)NCC12CC3CC(CC(C3)C1)C2)c1nc2ccccc2[nH]1. The lowest BCUT2D eigenvalue weighted by atomic mass is 9.49. The predicted molar refractivity (Wildman–Crippen MR) is 111 cm³/mol. The molecule has 1 amide bonds. The van der Waals surface area contributed by atoms with Gasteiger partial charge >= 0.3 is 0 Å². The van der Waals surface area contributed by atoms with Gasteiger partial charge in [0.25, 0.3) is 0 Å². The average Bonchev–Trinajstić information content (AvgIpc) is 3.08. The number of aromatic nitrogens is 2. The summed E-state index contributed by atoms with van der Waals surface area (Å²) in [5.41, 5.74) is 2.47. The fourth-order valence-corrected chi connectivity index (χ4v) is 7.06. The van der Waals surface area contributed by atoms with Crippen LogP contribution in [-0.2, 0) is 4.79 Å². The van der Waals surface area contributed by atoms with Crippen molar-refractivity contribution in [3.8, 4) is 0 Å². The number of amides is 1. The number of benzene rings is 1. The normalized spacial score (nSPS) is 32.7. The van der Waals surface area contributed by atoms with Crippen molar-refractivity contribution in [2.75, 3.05) is 12.3 Å². The molecule has 2 N–H and O–H groups in total. The zero-order valence-electron chi connectivity index (χ0n) is 16.0. The van der Waals surface area contributed by atoms with Crippen molar-refractivity contribution in [2.45, 2.75) is 50.7 Å². The van der Waals surface area contributed by atoms with E-state index in [1.807, 2.05) is 24.3 Å². The van der Waals surface area contributed by atoms with Crippen molar-refractivity contribution in [3.63, 3.8) is 0 Å². The maximum absolute atomic E-state index is 12.5. The van der Waals surface area contributed by atoms with Crippen LogP contribution in [0.25, 0.3) is 11.0 Å². The van der Waals surface area contributed by atoms with E-state index >= 15 is 0 Å². The Balaban J connectivity index is 1.13. The van der Waals surface area contributed by atoms with Gasteiger partial charge in [-0.3, -0.25) is 4.79 Å². The summed E-state index contributed by atoms with van der Waals surface area (Å²) in [5, 5.41) is 3.47. The lowest BCUT2D eigenvalue weighted by Crippen LogP contribution is -2.51. The molecule has 144 valence electrons. The number of nitrogens with one attached hydrogen (secondary N) is 2. The van der Waals surface area contributed by atoms with Crippen molar-refractivity contribution >= 4 is 28.7 Å². The highest BCUT2D eigenvalue weighted by Gasteiger charge is 2.50. The standard InChI is InChI=1S/C22H29N3OS/c1-14(21-24-18-4-2-3-5-19(18)25-21)27-12-20(26)23-13-22-9-15-6-16(10-22)8-17(7-15)11-22/h2-5,14-17H,6-13H2,1H3,(H,23,26)(H,24,25)/t14-,15?,16?,17?,22?/m0/s1. The van der Waals surface area contributed by atoms with Crippen LogP contribution in [0, 0.1) is 23.2 Å². The van der Waals surface area contributed by atoms with Crippen molar-refractivity contribution in [1.29, 1.82) is 0 Å². The molecule has 2 aromatic rings. The van der Waals surface area contributed by atoms with Crippen LogP contribution in [-0.4, -0.2) is 28.2 Å².